The zero-order valence-corrected chi connectivity index (χ0v) is 13.6. The quantitative estimate of drug-likeness (QED) is 0.856. The van der Waals surface area contributed by atoms with Crippen LogP contribution in [0.5, 0.6) is 0 Å². The van der Waals surface area contributed by atoms with Gasteiger partial charge >= 0.3 is 0 Å². The monoisotopic (exact) mass is 312 g/mol. The lowest BCUT2D eigenvalue weighted by atomic mass is 9.99. The normalized spacial score (nSPS) is 24.4. The van der Waals surface area contributed by atoms with Gasteiger partial charge in [0.1, 0.15) is 0 Å². The number of hydrogen-bond donors (Lipinski definition) is 2. The number of nitrogens with zero attached hydrogens (tertiary/aromatic N) is 1. The van der Waals surface area contributed by atoms with E-state index in [-0.39, 0.29) is 4.90 Å². The summed E-state index contributed by atoms with van der Waals surface area (Å²) in [6.45, 7) is 5.13. The van der Waals surface area contributed by atoms with Gasteiger partial charge in [0, 0.05) is 20.1 Å². The highest BCUT2D eigenvalue weighted by Crippen LogP contribution is 2.23. The third-order valence-electron chi connectivity index (χ3n) is 4.36. The number of rotatable bonds is 5. The molecule has 5 nitrogen and oxygen atoms in total. The van der Waals surface area contributed by atoms with E-state index in [1.807, 2.05) is 12.1 Å². The zero-order chi connectivity index (χ0) is 15.6. The van der Waals surface area contributed by atoms with Gasteiger partial charge in [0.25, 0.3) is 0 Å². The Bertz CT molecular complexity index is 571. The second-order valence-corrected chi connectivity index (χ2v) is 7.69. The third-order valence-corrected chi connectivity index (χ3v) is 6.25. The number of sulfonamides is 1. The first-order chi connectivity index (χ1) is 9.87. The van der Waals surface area contributed by atoms with Crippen LogP contribution in [0.3, 0.4) is 0 Å². The van der Waals surface area contributed by atoms with Crippen molar-refractivity contribution < 1.29 is 13.5 Å². The summed E-state index contributed by atoms with van der Waals surface area (Å²) in [6, 6.07) is 6.64. The molecule has 1 fully saturated rings. The number of aliphatic hydroxyl groups excluding tert-OH is 1. The smallest absolute Gasteiger partial charge is 0.243 e. The molecule has 1 aromatic rings. The minimum absolute atomic E-state index is 0.274. The second kappa shape index (κ2) is 6.44. The first-order valence-electron chi connectivity index (χ1n) is 7.34. The van der Waals surface area contributed by atoms with E-state index in [9.17, 15) is 13.5 Å². The highest BCUT2D eigenvalue weighted by atomic mass is 32.2. The average molecular weight is 312 g/mol. The fourth-order valence-electron chi connectivity index (χ4n) is 2.57. The van der Waals surface area contributed by atoms with Gasteiger partial charge in [-0.3, -0.25) is 0 Å². The predicted molar refractivity (Wildman–Crippen MR) is 82.8 cm³/mol. The maximum Gasteiger partial charge on any atom is 0.243 e. The van der Waals surface area contributed by atoms with E-state index >= 15 is 0 Å². The van der Waals surface area contributed by atoms with Gasteiger partial charge in [-0.2, -0.15) is 4.31 Å². The second-order valence-electron chi connectivity index (χ2n) is 5.69. The molecule has 6 heteroatoms. The largest absolute Gasteiger partial charge is 0.390 e. The molecule has 1 saturated heterocycles. The summed E-state index contributed by atoms with van der Waals surface area (Å²) in [5.41, 5.74) is 1.14. The van der Waals surface area contributed by atoms with E-state index in [4.69, 9.17) is 0 Å². The minimum Gasteiger partial charge on any atom is -0.390 e. The minimum atomic E-state index is -3.57. The van der Waals surface area contributed by atoms with Gasteiger partial charge in [-0.05, 0) is 30.0 Å². The average Bonchev–Trinajstić information content (AvgIpc) is 2.91. The van der Waals surface area contributed by atoms with Crippen molar-refractivity contribution in [3.8, 4) is 0 Å². The molecule has 2 N–H and O–H groups in total. The molecule has 0 bridgehead atoms. The summed E-state index contributed by atoms with van der Waals surface area (Å²) in [4.78, 5) is 0.274. The Morgan fingerprint density at radius 1 is 1.33 bits per heavy atom. The van der Waals surface area contributed by atoms with Crippen LogP contribution >= 0.6 is 0 Å². The molecule has 1 heterocycles. The van der Waals surface area contributed by atoms with Crippen LogP contribution in [-0.2, 0) is 10.0 Å². The Morgan fingerprint density at radius 3 is 2.43 bits per heavy atom. The van der Waals surface area contributed by atoms with Crippen LogP contribution < -0.4 is 5.32 Å². The van der Waals surface area contributed by atoms with Crippen LogP contribution in [0.2, 0.25) is 0 Å². The van der Waals surface area contributed by atoms with Gasteiger partial charge in [-0.15, -0.1) is 0 Å². The first kappa shape index (κ1) is 16.4. The van der Waals surface area contributed by atoms with Gasteiger partial charge < -0.3 is 10.4 Å². The molecule has 0 saturated carbocycles. The van der Waals surface area contributed by atoms with Crippen molar-refractivity contribution in [1.29, 1.82) is 0 Å². The van der Waals surface area contributed by atoms with Crippen molar-refractivity contribution in [1.82, 2.24) is 9.62 Å². The van der Waals surface area contributed by atoms with Gasteiger partial charge in [-0.1, -0.05) is 26.0 Å². The summed E-state index contributed by atoms with van der Waals surface area (Å²) in [5.74, 6) is 0.417. The van der Waals surface area contributed by atoms with Gasteiger partial charge in [0.15, 0.2) is 0 Å². The van der Waals surface area contributed by atoms with Crippen LogP contribution in [0.4, 0.5) is 0 Å². The molecule has 21 heavy (non-hydrogen) atoms. The maximum atomic E-state index is 12.6. The van der Waals surface area contributed by atoms with Crippen molar-refractivity contribution in [2.24, 2.45) is 0 Å². The molecule has 118 valence electrons. The van der Waals surface area contributed by atoms with Crippen molar-refractivity contribution in [2.45, 2.75) is 43.2 Å². The van der Waals surface area contributed by atoms with Crippen molar-refractivity contribution in [3.05, 3.63) is 29.8 Å². The molecule has 3 atom stereocenters. The Kier molecular flexibility index (Phi) is 5.03. The fraction of sp³-hybridized carbons (Fsp3) is 0.600. The number of aliphatic hydroxyl groups is 1. The summed E-state index contributed by atoms with van der Waals surface area (Å²) < 4.78 is 26.5. The lowest BCUT2D eigenvalue weighted by molar-refractivity contribution is 0.136. The summed E-state index contributed by atoms with van der Waals surface area (Å²) >= 11 is 0. The molecule has 0 aromatic heterocycles. The van der Waals surface area contributed by atoms with E-state index in [1.54, 1.807) is 12.1 Å². The number of hydrogen-bond acceptors (Lipinski definition) is 4. The SMILES string of the molecule is CCC(C)c1ccc(S(=O)(=O)N(C)[C@@H]2CNC[C@H]2O)cc1. The zero-order valence-electron chi connectivity index (χ0n) is 12.8. The predicted octanol–water partition coefficient (Wildman–Crippen LogP) is 1.15. The molecule has 0 aliphatic carbocycles. The molecular weight excluding hydrogens is 288 g/mol. The van der Waals surface area contributed by atoms with Crippen molar-refractivity contribution in [3.63, 3.8) is 0 Å². The molecule has 2 rings (SSSR count). The highest BCUT2D eigenvalue weighted by Gasteiger charge is 2.35. The van der Waals surface area contributed by atoms with E-state index in [1.165, 1.54) is 11.4 Å². The molecular formula is C15H24N2O3S. The van der Waals surface area contributed by atoms with Gasteiger partial charge in [0.05, 0.1) is 17.0 Å². The topological polar surface area (TPSA) is 69.6 Å². The van der Waals surface area contributed by atoms with Gasteiger partial charge in [-0.25, -0.2) is 8.42 Å². The van der Waals surface area contributed by atoms with Crippen LogP contribution in [0.15, 0.2) is 29.2 Å². The van der Waals surface area contributed by atoms with E-state index in [0.717, 1.165) is 12.0 Å². The van der Waals surface area contributed by atoms with Crippen molar-refractivity contribution in [2.75, 3.05) is 20.1 Å². The van der Waals surface area contributed by atoms with Crippen LogP contribution in [0, 0.1) is 0 Å². The Balaban J connectivity index is 2.23. The van der Waals surface area contributed by atoms with Crippen LogP contribution in [-0.4, -0.2) is 50.1 Å². The molecule has 1 aliphatic heterocycles. The van der Waals surface area contributed by atoms with Crippen LogP contribution in [0.1, 0.15) is 31.7 Å². The standard InChI is InChI=1S/C15H24N2O3S/c1-4-11(2)12-5-7-13(8-6-12)21(19,20)17(3)14-9-16-10-15(14)18/h5-8,11,14-16,18H,4,9-10H2,1-3H3/t11?,14-,15-/m1/s1. The maximum absolute atomic E-state index is 12.6. The molecule has 0 radical (unpaired) electrons. The Labute approximate surface area is 127 Å². The Hall–Kier alpha value is -0.950. The number of nitrogens with one attached hydrogen (secondary N) is 1. The number of benzene rings is 1. The van der Waals surface area contributed by atoms with E-state index < -0.39 is 22.2 Å². The summed E-state index contributed by atoms with van der Waals surface area (Å²) in [6.07, 6.45) is 0.357. The van der Waals surface area contributed by atoms with Crippen molar-refractivity contribution >= 4 is 10.0 Å². The first-order valence-corrected chi connectivity index (χ1v) is 8.78. The summed E-state index contributed by atoms with van der Waals surface area (Å²) in [7, 11) is -2.04. The third kappa shape index (κ3) is 3.29. The summed E-state index contributed by atoms with van der Waals surface area (Å²) in [5, 5.41) is 12.9. The lowest BCUT2D eigenvalue weighted by Crippen LogP contribution is -2.44. The molecule has 1 unspecified atom stereocenters. The molecule has 0 amide bonds. The Morgan fingerprint density at radius 2 is 1.95 bits per heavy atom. The van der Waals surface area contributed by atoms with E-state index in [2.05, 4.69) is 19.2 Å². The lowest BCUT2D eigenvalue weighted by Gasteiger charge is -2.25. The molecule has 1 aromatic carbocycles. The van der Waals surface area contributed by atoms with E-state index in [0.29, 0.717) is 19.0 Å². The number of β-amino-alcohol motifs (C(OH)–C–C–N with tert-alkyl or cyclic N) is 1. The van der Waals surface area contributed by atoms with Gasteiger partial charge in [0.2, 0.25) is 10.0 Å². The molecule has 0 spiro atoms. The molecule has 1 aliphatic rings. The number of likely N-dealkylation sites (N-methyl/N-ethyl adjacent to an activating group) is 1. The highest BCUT2D eigenvalue weighted by molar-refractivity contribution is 7.89. The van der Waals surface area contributed by atoms with Crippen LogP contribution in [0.25, 0.3) is 0 Å². The fourth-order valence-corrected chi connectivity index (χ4v) is 3.95.